The molecule has 0 fully saturated rings. The van der Waals surface area contributed by atoms with E-state index in [9.17, 15) is 24.3 Å². The number of hydrogen-bond donors (Lipinski definition) is 7. The fourth-order valence-electron chi connectivity index (χ4n) is 1.38. The molecule has 0 aromatic rings. The number of nitrogens with one attached hydrogen (secondary N) is 3. The van der Waals surface area contributed by atoms with Gasteiger partial charge in [-0.3, -0.25) is 19.2 Å². The van der Waals surface area contributed by atoms with Gasteiger partial charge in [0, 0.05) is 0 Å². The summed E-state index contributed by atoms with van der Waals surface area (Å²) in [6.45, 7) is 1.32. The van der Waals surface area contributed by atoms with Crippen molar-refractivity contribution < 1.29 is 34.5 Å². The van der Waals surface area contributed by atoms with Crippen molar-refractivity contribution >= 4 is 23.7 Å². The van der Waals surface area contributed by atoms with Crippen molar-refractivity contribution in [2.75, 3.05) is 13.2 Å². The number of carboxylic acid groups (broad SMARTS) is 1. The number of nitrogens with two attached hydrogens (primary N) is 1. The Balaban J connectivity index is 4.58. The van der Waals surface area contributed by atoms with Crippen LogP contribution in [0.2, 0.25) is 0 Å². The average molecular weight is 334 g/mol. The third kappa shape index (κ3) is 7.54. The van der Waals surface area contributed by atoms with Crippen LogP contribution in [0.1, 0.15) is 13.8 Å². The molecule has 0 saturated carbocycles. The molecule has 11 heteroatoms. The molecule has 0 aromatic heterocycles. The van der Waals surface area contributed by atoms with Gasteiger partial charge < -0.3 is 37.0 Å². The number of carboxylic acids is 1. The zero-order valence-corrected chi connectivity index (χ0v) is 12.8. The summed E-state index contributed by atoms with van der Waals surface area (Å²) in [7, 11) is 0. The summed E-state index contributed by atoms with van der Waals surface area (Å²) < 4.78 is 0. The van der Waals surface area contributed by atoms with E-state index in [-0.39, 0.29) is 0 Å². The molecule has 0 aromatic carbocycles. The lowest BCUT2D eigenvalue weighted by Gasteiger charge is -2.22. The minimum absolute atomic E-state index is 0.530. The number of amides is 3. The molecule has 3 amide bonds. The van der Waals surface area contributed by atoms with Crippen LogP contribution in [-0.2, 0) is 19.2 Å². The van der Waals surface area contributed by atoms with Crippen molar-refractivity contribution in [1.82, 2.24) is 16.0 Å². The highest BCUT2D eigenvalue weighted by Gasteiger charge is 2.28. The number of hydrogen-bond acceptors (Lipinski definition) is 7. The van der Waals surface area contributed by atoms with E-state index < -0.39 is 61.1 Å². The highest BCUT2D eigenvalue weighted by atomic mass is 16.4. The van der Waals surface area contributed by atoms with Crippen molar-refractivity contribution in [2.24, 2.45) is 5.73 Å². The predicted molar refractivity (Wildman–Crippen MR) is 76.9 cm³/mol. The van der Waals surface area contributed by atoms with Gasteiger partial charge in [-0.05, 0) is 13.8 Å². The summed E-state index contributed by atoms with van der Waals surface area (Å²) in [6.07, 6.45) is -1.30. The molecule has 0 aliphatic heterocycles. The summed E-state index contributed by atoms with van der Waals surface area (Å²) in [6, 6.07) is -3.79. The number of carbonyl (C=O) groups excluding carboxylic acids is 3. The molecule has 0 spiro atoms. The first-order valence-corrected chi connectivity index (χ1v) is 6.74. The topological polar surface area (TPSA) is 191 Å². The van der Waals surface area contributed by atoms with Crippen molar-refractivity contribution in [3.63, 3.8) is 0 Å². The van der Waals surface area contributed by atoms with Gasteiger partial charge in [0.2, 0.25) is 17.7 Å². The van der Waals surface area contributed by atoms with Gasteiger partial charge in [-0.1, -0.05) is 0 Å². The second-order valence-corrected chi connectivity index (χ2v) is 4.86. The Labute approximate surface area is 132 Å². The fraction of sp³-hybridized carbons (Fsp3) is 0.667. The summed E-state index contributed by atoms with van der Waals surface area (Å²) >= 11 is 0. The molecule has 0 saturated heterocycles. The first-order valence-electron chi connectivity index (χ1n) is 6.74. The highest BCUT2D eigenvalue weighted by Crippen LogP contribution is 1.95. The predicted octanol–water partition coefficient (Wildman–Crippen LogP) is -4.12. The van der Waals surface area contributed by atoms with Crippen molar-refractivity contribution in [3.05, 3.63) is 0 Å². The second kappa shape index (κ2) is 9.71. The molecule has 0 bridgehead atoms. The van der Waals surface area contributed by atoms with Crippen LogP contribution in [-0.4, -0.2) is 76.4 Å². The van der Waals surface area contributed by atoms with E-state index in [0.29, 0.717) is 0 Å². The van der Waals surface area contributed by atoms with Gasteiger partial charge in [0.15, 0.2) is 0 Å². The third-order valence-electron chi connectivity index (χ3n) is 2.77. The summed E-state index contributed by atoms with van der Waals surface area (Å²) in [5.41, 5.74) is 5.23. The molecular formula is C12H22N4O7. The molecule has 0 aliphatic rings. The minimum Gasteiger partial charge on any atom is -0.480 e. The Hall–Kier alpha value is -2.24. The van der Waals surface area contributed by atoms with Crippen LogP contribution in [0.5, 0.6) is 0 Å². The molecule has 0 aliphatic carbocycles. The molecule has 132 valence electrons. The maximum absolute atomic E-state index is 11.8. The lowest BCUT2D eigenvalue weighted by Crippen LogP contribution is -2.57. The van der Waals surface area contributed by atoms with Gasteiger partial charge in [-0.15, -0.1) is 0 Å². The number of aliphatic carboxylic acids is 1. The quantitative estimate of drug-likeness (QED) is 0.221. The smallest absolute Gasteiger partial charge is 0.325 e. The fourth-order valence-corrected chi connectivity index (χ4v) is 1.38. The Morgan fingerprint density at radius 2 is 1.65 bits per heavy atom. The van der Waals surface area contributed by atoms with Crippen molar-refractivity contribution in [3.8, 4) is 0 Å². The Morgan fingerprint density at radius 3 is 2.09 bits per heavy atom. The first-order chi connectivity index (χ1) is 10.6. The summed E-state index contributed by atoms with van der Waals surface area (Å²) in [4.78, 5) is 45.5. The normalized spacial score (nSPS) is 15.7. The van der Waals surface area contributed by atoms with E-state index in [1.165, 1.54) is 13.8 Å². The zero-order chi connectivity index (χ0) is 18.2. The van der Waals surface area contributed by atoms with Crippen LogP contribution in [0.25, 0.3) is 0 Å². The zero-order valence-electron chi connectivity index (χ0n) is 12.8. The van der Waals surface area contributed by atoms with E-state index in [1.54, 1.807) is 0 Å². The standard InChI is InChI=1S/C12H22N4O7/c1-5(12(22)23)15-11(21)9(6(2)18)16-8(19)3-14-10(20)7(13)4-17/h5-7,9,17-18H,3-4,13H2,1-2H3,(H,14,20)(H,15,21)(H,16,19)(H,22,23). The van der Waals surface area contributed by atoms with Crippen LogP contribution in [0, 0.1) is 0 Å². The molecule has 4 atom stereocenters. The molecule has 0 rings (SSSR count). The Kier molecular flexibility index (Phi) is 8.77. The Bertz CT molecular complexity index is 455. The van der Waals surface area contributed by atoms with Gasteiger partial charge in [0.1, 0.15) is 18.1 Å². The maximum Gasteiger partial charge on any atom is 0.325 e. The van der Waals surface area contributed by atoms with E-state index in [4.69, 9.17) is 15.9 Å². The Morgan fingerprint density at radius 1 is 1.09 bits per heavy atom. The van der Waals surface area contributed by atoms with Gasteiger partial charge in [-0.25, -0.2) is 0 Å². The maximum atomic E-state index is 11.8. The molecule has 8 N–H and O–H groups in total. The minimum atomic E-state index is -1.40. The average Bonchev–Trinajstić information content (AvgIpc) is 2.48. The lowest BCUT2D eigenvalue weighted by atomic mass is 10.1. The van der Waals surface area contributed by atoms with Gasteiger partial charge >= 0.3 is 5.97 Å². The molecule has 4 unspecified atom stereocenters. The number of carbonyl (C=O) groups is 4. The van der Waals surface area contributed by atoms with E-state index >= 15 is 0 Å². The summed E-state index contributed by atoms with van der Waals surface area (Å²) in [5.74, 6) is -3.73. The molecule has 23 heavy (non-hydrogen) atoms. The molecule has 0 radical (unpaired) electrons. The van der Waals surface area contributed by atoms with Crippen LogP contribution in [0.3, 0.4) is 0 Å². The molecule has 0 heterocycles. The van der Waals surface area contributed by atoms with Crippen LogP contribution in [0.15, 0.2) is 0 Å². The van der Waals surface area contributed by atoms with Crippen LogP contribution < -0.4 is 21.7 Å². The largest absolute Gasteiger partial charge is 0.480 e. The van der Waals surface area contributed by atoms with Crippen molar-refractivity contribution in [2.45, 2.75) is 38.1 Å². The monoisotopic (exact) mass is 334 g/mol. The molecular weight excluding hydrogens is 312 g/mol. The SMILES string of the molecule is CC(NC(=O)C(NC(=O)CNC(=O)C(N)CO)C(C)O)C(=O)O. The lowest BCUT2D eigenvalue weighted by molar-refractivity contribution is -0.142. The van der Waals surface area contributed by atoms with E-state index in [0.717, 1.165) is 0 Å². The number of rotatable bonds is 9. The third-order valence-corrected chi connectivity index (χ3v) is 2.77. The first kappa shape index (κ1) is 20.8. The van der Waals surface area contributed by atoms with Crippen molar-refractivity contribution in [1.29, 1.82) is 0 Å². The van der Waals surface area contributed by atoms with E-state index in [2.05, 4.69) is 16.0 Å². The highest BCUT2D eigenvalue weighted by molar-refractivity contribution is 5.92. The number of aliphatic hydroxyl groups is 2. The summed E-state index contributed by atoms with van der Waals surface area (Å²) in [5, 5.41) is 33.3. The van der Waals surface area contributed by atoms with Crippen LogP contribution >= 0.6 is 0 Å². The van der Waals surface area contributed by atoms with Gasteiger partial charge in [-0.2, -0.15) is 0 Å². The number of aliphatic hydroxyl groups excluding tert-OH is 2. The van der Waals surface area contributed by atoms with E-state index in [1.807, 2.05) is 0 Å². The second-order valence-electron chi connectivity index (χ2n) is 4.86. The van der Waals surface area contributed by atoms with Gasteiger partial charge in [0.25, 0.3) is 0 Å². The van der Waals surface area contributed by atoms with Gasteiger partial charge in [0.05, 0.1) is 19.3 Å². The van der Waals surface area contributed by atoms with Crippen LogP contribution in [0.4, 0.5) is 0 Å². The molecule has 11 nitrogen and oxygen atoms in total.